The third-order valence-corrected chi connectivity index (χ3v) is 4.53. The second-order valence-electron chi connectivity index (χ2n) is 6.50. The summed E-state index contributed by atoms with van der Waals surface area (Å²) in [7, 11) is -0.447. The Morgan fingerprint density at radius 2 is 1.86 bits per heavy atom. The number of benzene rings is 1. The van der Waals surface area contributed by atoms with Crippen LogP contribution in [0.2, 0.25) is 0 Å². The summed E-state index contributed by atoms with van der Waals surface area (Å²) in [6.45, 7) is 8.01. The van der Waals surface area contributed by atoms with Crippen LogP contribution in [0.5, 0.6) is 0 Å². The van der Waals surface area contributed by atoms with Gasteiger partial charge in [-0.3, -0.25) is 4.99 Å². The van der Waals surface area contributed by atoms with Gasteiger partial charge in [-0.1, -0.05) is 18.2 Å². The molecule has 1 aromatic carbocycles. The lowest BCUT2D eigenvalue weighted by Crippen LogP contribution is -2.41. The highest BCUT2D eigenvalue weighted by atomic mass is 16.7. The Balaban J connectivity index is 1.90. The first-order valence-corrected chi connectivity index (χ1v) is 6.97. The van der Waals surface area contributed by atoms with Gasteiger partial charge in [-0.05, 0) is 44.3 Å². The van der Waals surface area contributed by atoms with Crippen molar-refractivity contribution in [2.75, 3.05) is 0 Å². The smallest absolute Gasteiger partial charge is 0.479 e. The van der Waals surface area contributed by atoms with E-state index in [2.05, 4.69) is 4.99 Å². The molecule has 0 aliphatic carbocycles. The summed E-state index contributed by atoms with van der Waals surface area (Å²) in [4.78, 5) is 15.1. The Morgan fingerprint density at radius 3 is 2.43 bits per heavy atom. The van der Waals surface area contributed by atoms with E-state index in [-0.39, 0.29) is 0 Å². The van der Waals surface area contributed by atoms with Gasteiger partial charge in [0.2, 0.25) is 0 Å². The van der Waals surface area contributed by atoms with Gasteiger partial charge in [0.05, 0.1) is 11.2 Å². The third-order valence-electron chi connectivity index (χ3n) is 4.53. The Kier molecular flexibility index (Phi) is 3.01. The topological polar surface area (TPSA) is 68.1 Å². The zero-order chi connectivity index (χ0) is 15.4. The molecule has 0 radical (unpaired) electrons. The van der Waals surface area contributed by atoms with Crippen LogP contribution in [-0.2, 0) is 14.1 Å². The minimum atomic E-state index is -0.937. The molecule has 1 fully saturated rings. The van der Waals surface area contributed by atoms with E-state index < -0.39 is 30.3 Å². The fourth-order valence-electron chi connectivity index (χ4n) is 2.51. The maximum absolute atomic E-state index is 11.1. The average Bonchev–Trinajstić information content (AvgIpc) is 2.87. The first-order valence-electron chi connectivity index (χ1n) is 6.97. The van der Waals surface area contributed by atoms with Gasteiger partial charge in [0.15, 0.2) is 6.04 Å². The van der Waals surface area contributed by atoms with Crippen LogP contribution in [-0.4, -0.2) is 35.6 Å². The molecular formula is C15H18BNO4. The van der Waals surface area contributed by atoms with Crippen molar-refractivity contribution in [3.63, 3.8) is 0 Å². The summed E-state index contributed by atoms with van der Waals surface area (Å²) in [6, 6.07) is 4.74. The monoisotopic (exact) mass is 287 g/mol. The Hall–Kier alpha value is -1.66. The number of carboxylic acids is 1. The third kappa shape index (κ3) is 2.19. The molecule has 21 heavy (non-hydrogen) atoms. The van der Waals surface area contributed by atoms with Crippen LogP contribution >= 0.6 is 0 Å². The van der Waals surface area contributed by atoms with Gasteiger partial charge in [0, 0.05) is 6.21 Å². The fraction of sp³-hybridized carbons (Fsp3) is 0.467. The zero-order valence-electron chi connectivity index (χ0n) is 12.6. The van der Waals surface area contributed by atoms with Crippen LogP contribution in [0.1, 0.15) is 44.9 Å². The number of carboxylic acid groups (broad SMARTS) is 1. The normalized spacial score (nSPS) is 25.1. The lowest BCUT2D eigenvalue weighted by molar-refractivity contribution is -0.138. The van der Waals surface area contributed by atoms with Crippen LogP contribution < -0.4 is 5.46 Å². The standard InChI is InChI=1S/C15H18BNO4/c1-14(2)15(3,4)21-16(20-14)10-5-6-11-9(7-10)8-17-12(11)13(18)19/h5-8,12H,1-4H3,(H,18,19). The molecule has 5 nitrogen and oxygen atoms in total. The van der Waals surface area contributed by atoms with E-state index >= 15 is 0 Å². The van der Waals surface area contributed by atoms with Gasteiger partial charge in [-0.25, -0.2) is 4.79 Å². The van der Waals surface area contributed by atoms with Gasteiger partial charge < -0.3 is 14.4 Å². The van der Waals surface area contributed by atoms with Gasteiger partial charge >= 0.3 is 13.1 Å². The fourth-order valence-corrected chi connectivity index (χ4v) is 2.51. The first kappa shape index (κ1) is 14.3. The molecule has 1 saturated heterocycles. The van der Waals surface area contributed by atoms with Gasteiger partial charge in [0.25, 0.3) is 0 Å². The summed E-state index contributed by atoms with van der Waals surface area (Å²) >= 11 is 0. The SMILES string of the molecule is CC1(C)OB(c2ccc3c(c2)C=NC3C(=O)O)OC1(C)C. The van der Waals surface area contributed by atoms with E-state index in [4.69, 9.17) is 14.4 Å². The number of aliphatic carboxylic acids is 1. The highest BCUT2D eigenvalue weighted by Gasteiger charge is 2.51. The number of hydrogen-bond acceptors (Lipinski definition) is 4. The van der Waals surface area contributed by atoms with Crippen LogP contribution in [0, 0.1) is 0 Å². The van der Waals surface area contributed by atoms with Crippen LogP contribution in [0.4, 0.5) is 0 Å². The van der Waals surface area contributed by atoms with Gasteiger partial charge in [0.1, 0.15) is 0 Å². The molecule has 3 rings (SSSR count). The molecule has 1 atom stereocenters. The van der Waals surface area contributed by atoms with Crippen molar-refractivity contribution in [1.82, 2.24) is 0 Å². The minimum absolute atomic E-state index is 0.394. The molecule has 2 aliphatic heterocycles. The zero-order valence-corrected chi connectivity index (χ0v) is 12.6. The maximum Gasteiger partial charge on any atom is 0.494 e. The predicted molar refractivity (Wildman–Crippen MR) is 80.1 cm³/mol. The summed E-state index contributed by atoms with van der Waals surface area (Å²) < 4.78 is 12.0. The van der Waals surface area contributed by atoms with Crippen LogP contribution in [0.15, 0.2) is 23.2 Å². The molecule has 0 bridgehead atoms. The summed E-state index contributed by atoms with van der Waals surface area (Å²) in [5, 5.41) is 9.11. The molecular weight excluding hydrogens is 269 g/mol. The molecule has 0 aromatic heterocycles. The Morgan fingerprint density at radius 1 is 1.24 bits per heavy atom. The molecule has 2 heterocycles. The van der Waals surface area contributed by atoms with E-state index in [9.17, 15) is 4.79 Å². The van der Waals surface area contributed by atoms with Crippen molar-refractivity contribution in [2.24, 2.45) is 4.99 Å². The maximum atomic E-state index is 11.1. The van der Waals surface area contributed by atoms with E-state index in [1.807, 2.05) is 39.8 Å². The number of nitrogens with zero attached hydrogens (tertiary/aromatic N) is 1. The molecule has 110 valence electrons. The number of hydrogen-bond donors (Lipinski definition) is 1. The van der Waals surface area contributed by atoms with E-state index in [1.54, 1.807) is 12.3 Å². The summed E-state index contributed by atoms with van der Waals surface area (Å²) in [5.41, 5.74) is 1.62. The molecule has 1 unspecified atom stereocenters. The molecule has 6 heteroatoms. The van der Waals surface area contributed by atoms with E-state index in [0.29, 0.717) is 5.56 Å². The van der Waals surface area contributed by atoms with Gasteiger partial charge in [-0.15, -0.1) is 0 Å². The van der Waals surface area contributed by atoms with Crippen molar-refractivity contribution in [3.05, 3.63) is 29.3 Å². The lowest BCUT2D eigenvalue weighted by atomic mass is 9.77. The van der Waals surface area contributed by atoms with Crippen LogP contribution in [0.3, 0.4) is 0 Å². The van der Waals surface area contributed by atoms with E-state index in [0.717, 1.165) is 11.0 Å². The summed E-state index contributed by atoms with van der Waals surface area (Å²) in [5.74, 6) is -0.937. The predicted octanol–water partition coefficient (Wildman–Crippen LogP) is 1.54. The first-order chi connectivity index (χ1) is 9.71. The number of aliphatic imine (C=N–C) groups is 1. The largest absolute Gasteiger partial charge is 0.494 e. The Bertz CT molecular complexity index is 623. The highest BCUT2D eigenvalue weighted by molar-refractivity contribution is 6.62. The van der Waals surface area contributed by atoms with Crippen molar-refractivity contribution in [1.29, 1.82) is 0 Å². The van der Waals surface area contributed by atoms with Crippen molar-refractivity contribution >= 4 is 24.8 Å². The number of carbonyl (C=O) groups is 1. The molecule has 0 saturated carbocycles. The summed E-state index contributed by atoms with van der Waals surface area (Å²) in [6.07, 6.45) is 1.60. The average molecular weight is 287 g/mol. The highest BCUT2D eigenvalue weighted by Crippen LogP contribution is 2.36. The molecule has 2 aliphatic rings. The minimum Gasteiger partial charge on any atom is -0.479 e. The quantitative estimate of drug-likeness (QED) is 0.838. The van der Waals surface area contributed by atoms with E-state index in [1.165, 1.54) is 0 Å². The van der Waals surface area contributed by atoms with Crippen molar-refractivity contribution in [3.8, 4) is 0 Å². The second-order valence-corrected chi connectivity index (χ2v) is 6.50. The van der Waals surface area contributed by atoms with Crippen LogP contribution in [0.25, 0.3) is 0 Å². The Labute approximate surface area is 124 Å². The van der Waals surface area contributed by atoms with Crippen molar-refractivity contribution < 1.29 is 19.2 Å². The molecule has 0 amide bonds. The molecule has 0 spiro atoms. The van der Waals surface area contributed by atoms with Gasteiger partial charge in [-0.2, -0.15) is 0 Å². The lowest BCUT2D eigenvalue weighted by Gasteiger charge is -2.32. The number of fused-ring (bicyclic) bond motifs is 1. The molecule has 1 aromatic rings. The number of rotatable bonds is 2. The second kappa shape index (κ2) is 4.42. The van der Waals surface area contributed by atoms with Crippen molar-refractivity contribution in [2.45, 2.75) is 44.9 Å². The molecule has 1 N–H and O–H groups in total.